The summed E-state index contributed by atoms with van der Waals surface area (Å²) in [5.41, 5.74) is 5.81. The molecule has 0 aliphatic carbocycles. The van der Waals surface area contributed by atoms with Crippen LogP contribution in [-0.4, -0.2) is 107 Å². The Labute approximate surface area is 264 Å². The average molecular weight is 605 g/mol. The minimum absolute atomic E-state index is 0.518. The molecule has 0 amide bonds. The molecule has 5 aliphatic rings. The lowest BCUT2D eigenvalue weighted by molar-refractivity contribution is -0.00876. The fourth-order valence-corrected chi connectivity index (χ4v) is 7.82. The molecule has 4 aromatic heterocycles. The number of pyridine rings is 3. The Balaban J connectivity index is 0.981. The van der Waals surface area contributed by atoms with Gasteiger partial charge in [-0.05, 0) is 43.0 Å². The van der Waals surface area contributed by atoms with Crippen LogP contribution in [0.15, 0.2) is 55.1 Å². The Morgan fingerprint density at radius 2 is 1.76 bits per heavy atom. The first-order valence-corrected chi connectivity index (χ1v) is 16.2. The number of hydrogen-bond donors (Lipinski definition) is 1. The van der Waals surface area contributed by atoms with Crippen LogP contribution in [-0.2, 0) is 6.54 Å². The molecule has 11 heteroatoms. The Morgan fingerprint density at radius 1 is 0.933 bits per heavy atom. The van der Waals surface area contributed by atoms with Crippen LogP contribution >= 0.6 is 0 Å². The lowest BCUT2D eigenvalue weighted by Crippen LogP contribution is -2.68. The van der Waals surface area contributed by atoms with Crippen molar-refractivity contribution in [2.24, 2.45) is 0 Å². The Bertz CT molecular complexity index is 1670. The third-order valence-electron chi connectivity index (χ3n) is 10.3. The van der Waals surface area contributed by atoms with Gasteiger partial charge in [-0.1, -0.05) is 6.07 Å². The Hall–Kier alpha value is -4.24. The van der Waals surface area contributed by atoms with Gasteiger partial charge in [0.2, 0.25) is 5.88 Å². The largest absolute Gasteiger partial charge is 0.481 e. The second-order valence-corrected chi connectivity index (χ2v) is 12.8. The highest BCUT2D eigenvalue weighted by atomic mass is 16.5. The number of rotatable bonds is 7. The zero-order valence-electron chi connectivity index (χ0n) is 25.8. The summed E-state index contributed by atoms with van der Waals surface area (Å²) < 4.78 is 7.09. The monoisotopic (exact) mass is 604 g/mol. The maximum absolute atomic E-state index is 9.89. The van der Waals surface area contributed by atoms with E-state index in [9.17, 15) is 5.26 Å². The van der Waals surface area contributed by atoms with Gasteiger partial charge in [0.05, 0.1) is 36.3 Å². The number of piperidine rings is 2. The maximum atomic E-state index is 9.89. The van der Waals surface area contributed by atoms with Gasteiger partial charge in [0.15, 0.2) is 0 Å². The number of anilines is 2. The van der Waals surface area contributed by atoms with Crippen molar-refractivity contribution in [3.05, 3.63) is 66.2 Å². The fourth-order valence-electron chi connectivity index (χ4n) is 7.82. The van der Waals surface area contributed by atoms with Crippen LogP contribution in [0.4, 0.5) is 11.5 Å². The third kappa shape index (κ3) is 5.37. The van der Waals surface area contributed by atoms with E-state index in [0.717, 1.165) is 87.1 Å². The zero-order valence-corrected chi connectivity index (χ0v) is 25.8. The van der Waals surface area contributed by atoms with E-state index in [1.807, 2.05) is 23.0 Å². The summed E-state index contributed by atoms with van der Waals surface area (Å²) in [4.78, 5) is 19.5. The molecule has 0 spiro atoms. The molecule has 5 saturated heterocycles. The SMILES string of the molecule is COc1ccc(CN2C3CC2CN(c2ccc(-c4cc(N5CCC(N6CCNCC6)CC5)cn5ncc(C#N)c45)cn2)C3)cn1. The Morgan fingerprint density at radius 3 is 2.44 bits per heavy atom. The van der Waals surface area contributed by atoms with E-state index in [-0.39, 0.29) is 0 Å². The fraction of sp³-hybridized carbons (Fsp3) is 0.471. The molecule has 0 saturated carbocycles. The molecular formula is C34H40N10O. The quantitative estimate of drug-likeness (QED) is 0.339. The summed E-state index contributed by atoms with van der Waals surface area (Å²) >= 11 is 0. The van der Waals surface area contributed by atoms with E-state index in [0.29, 0.717) is 29.6 Å². The summed E-state index contributed by atoms with van der Waals surface area (Å²) in [5.74, 6) is 1.66. The topological polar surface area (TPSA) is 101 Å². The Kier molecular flexibility index (Phi) is 7.49. The van der Waals surface area contributed by atoms with Crippen LogP contribution in [0.1, 0.15) is 30.4 Å². The van der Waals surface area contributed by atoms with Crippen molar-refractivity contribution in [2.45, 2.75) is 43.9 Å². The number of ether oxygens (including phenoxy) is 1. The number of piperazine rings is 2. The first kappa shape index (κ1) is 28.2. The number of fused-ring (bicyclic) bond motifs is 3. The number of nitrogens with one attached hydrogen (secondary N) is 1. The standard InChI is InChI=1S/C34H40N10O/c1-45-33-5-2-24(17-38-33)20-43-29-14-30(43)22-42(21-29)32-4-3-25(18-37-32)31-15-28(23-44-34(31)26(16-35)19-39-44)40-10-6-27(7-11-40)41-12-8-36-9-13-41/h2-5,15,17-19,23,27,29-30,36H,6-14,20-22H2,1H3. The lowest BCUT2D eigenvalue weighted by atomic mass is 9.87. The van der Waals surface area contributed by atoms with Crippen molar-refractivity contribution in [3.63, 3.8) is 0 Å². The summed E-state index contributed by atoms with van der Waals surface area (Å²) in [6.07, 6.45) is 11.2. The van der Waals surface area contributed by atoms with E-state index < -0.39 is 0 Å². The number of aromatic nitrogens is 4. The van der Waals surface area contributed by atoms with Gasteiger partial charge in [0, 0.05) is 107 Å². The van der Waals surface area contributed by atoms with Crippen molar-refractivity contribution in [1.29, 1.82) is 5.26 Å². The molecule has 9 rings (SSSR count). The number of nitriles is 1. The molecule has 5 fully saturated rings. The van der Waals surface area contributed by atoms with Gasteiger partial charge in [-0.3, -0.25) is 9.80 Å². The zero-order chi connectivity index (χ0) is 30.3. The van der Waals surface area contributed by atoms with Crippen LogP contribution in [0.3, 0.4) is 0 Å². The molecule has 2 bridgehead atoms. The summed E-state index contributed by atoms with van der Waals surface area (Å²) in [5, 5.41) is 17.9. The molecule has 0 aromatic carbocycles. The second-order valence-electron chi connectivity index (χ2n) is 12.8. The van der Waals surface area contributed by atoms with Gasteiger partial charge >= 0.3 is 0 Å². The predicted octanol–water partition coefficient (Wildman–Crippen LogP) is 3.01. The predicted molar refractivity (Wildman–Crippen MR) is 174 cm³/mol. The molecule has 5 aliphatic heterocycles. The number of methoxy groups -OCH3 is 1. The average Bonchev–Trinajstić information content (AvgIpc) is 3.54. The highest BCUT2D eigenvalue weighted by Crippen LogP contribution is 2.37. The van der Waals surface area contributed by atoms with Crippen LogP contribution in [0.2, 0.25) is 0 Å². The van der Waals surface area contributed by atoms with Crippen molar-refractivity contribution >= 4 is 17.0 Å². The molecule has 45 heavy (non-hydrogen) atoms. The lowest BCUT2D eigenvalue weighted by Gasteiger charge is -2.56. The van der Waals surface area contributed by atoms with Crippen LogP contribution < -0.4 is 19.9 Å². The van der Waals surface area contributed by atoms with Gasteiger partial charge in [0.1, 0.15) is 11.9 Å². The van der Waals surface area contributed by atoms with E-state index in [1.54, 1.807) is 13.3 Å². The van der Waals surface area contributed by atoms with Crippen LogP contribution in [0.5, 0.6) is 5.88 Å². The summed E-state index contributed by atoms with van der Waals surface area (Å²) in [7, 11) is 1.65. The van der Waals surface area contributed by atoms with Crippen molar-refractivity contribution in [3.8, 4) is 23.1 Å². The molecule has 0 radical (unpaired) electrons. The van der Waals surface area contributed by atoms with Crippen molar-refractivity contribution < 1.29 is 4.74 Å². The molecule has 11 nitrogen and oxygen atoms in total. The normalized spacial score (nSPS) is 22.8. The molecular weight excluding hydrogens is 564 g/mol. The van der Waals surface area contributed by atoms with Gasteiger partial charge < -0.3 is 19.9 Å². The molecule has 4 aromatic rings. The summed E-state index contributed by atoms with van der Waals surface area (Å²) in [6.45, 7) is 9.37. The van der Waals surface area contributed by atoms with Crippen molar-refractivity contribution in [2.75, 3.05) is 69.3 Å². The van der Waals surface area contributed by atoms with E-state index in [1.165, 1.54) is 24.8 Å². The maximum Gasteiger partial charge on any atom is 0.212 e. The minimum atomic E-state index is 0.518. The van der Waals surface area contributed by atoms with E-state index >= 15 is 0 Å². The van der Waals surface area contributed by atoms with Crippen LogP contribution in [0, 0.1) is 11.3 Å². The van der Waals surface area contributed by atoms with Gasteiger partial charge in [-0.25, -0.2) is 14.5 Å². The second kappa shape index (κ2) is 11.9. The highest BCUT2D eigenvalue weighted by molar-refractivity contribution is 5.86. The van der Waals surface area contributed by atoms with Gasteiger partial charge in [-0.15, -0.1) is 0 Å². The molecule has 1 N–H and O–H groups in total. The number of nitrogens with zero attached hydrogens (tertiary/aromatic N) is 9. The van der Waals surface area contributed by atoms with E-state index in [4.69, 9.17) is 9.72 Å². The minimum Gasteiger partial charge on any atom is -0.481 e. The smallest absolute Gasteiger partial charge is 0.212 e. The first-order valence-electron chi connectivity index (χ1n) is 16.2. The summed E-state index contributed by atoms with van der Waals surface area (Å²) in [6, 6.07) is 14.6. The molecule has 2 unspecified atom stereocenters. The third-order valence-corrected chi connectivity index (χ3v) is 10.3. The number of hydrogen-bond acceptors (Lipinski definition) is 10. The van der Waals surface area contributed by atoms with Crippen molar-refractivity contribution in [1.82, 2.24) is 34.7 Å². The van der Waals surface area contributed by atoms with Gasteiger partial charge in [0.25, 0.3) is 0 Å². The molecule has 9 heterocycles. The highest BCUT2D eigenvalue weighted by Gasteiger charge is 2.44. The van der Waals surface area contributed by atoms with Gasteiger partial charge in [-0.2, -0.15) is 10.4 Å². The van der Waals surface area contributed by atoms with E-state index in [2.05, 4.69) is 71.5 Å². The first-order chi connectivity index (χ1) is 22.2. The van der Waals surface area contributed by atoms with Crippen LogP contribution in [0.25, 0.3) is 16.6 Å². The molecule has 2 atom stereocenters. The molecule has 232 valence electrons.